The number of carbonyl (C=O) groups excluding carboxylic acids is 2. The first-order valence-electron chi connectivity index (χ1n) is 22.8. The van der Waals surface area contributed by atoms with Crippen molar-refractivity contribution in [3.8, 4) is 0 Å². The molecule has 0 spiro atoms. The van der Waals surface area contributed by atoms with Crippen LogP contribution in [0.1, 0.15) is 158 Å². The summed E-state index contributed by atoms with van der Waals surface area (Å²) in [7, 11) is 1.39. The van der Waals surface area contributed by atoms with E-state index in [1.165, 1.54) is 30.4 Å². The first kappa shape index (κ1) is 55.2. The number of rotatable bonds is 37. The van der Waals surface area contributed by atoms with Crippen molar-refractivity contribution in [3.63, 3.8) is 0 Å². The molecule has 0 aliphatic carbocycles. The zero-order chi connectivity index (χ0) is 44.5. The lowest BCUT2D eigenvalue weighted by Gasteiger charge is -2.24. The molecule has 344 valence electrons. The number of allylic oxidation sites excluding steroid dienone is 7. The van der Waals surface area contributed by atoms with Crippen LogP contribution in [0.15, 0.2) is 53.0 Å². The second-order valence-electron chi connectivity index (χ2n) is 16.8. The Labute approximate surface area is 363 Å². The zero-order valence-electron chi connectivity index (χ0n) is 38.5. The van der Waals surface area contributed by atoms with Crippen LogP contribution in [0.3, 0.4) is 0 Å². The Hall–Kier alpha value is -2.79. The molecule has 1 rings (SSSR count). The van der Waals surface area contributed by atoms with Crippen molar-refractivity contribution in [2.24, 2.45) is 0 Å². The Morgan fingerprint density at radius 2 is 1.25 bits per heavy atom. The number of esters is 2. The summed E-state index contributed by atoms with van der Waals surface area (Å²) in [5.41, 5.74) is 2.60. The number of furan rings is 1. The van der Waals surface area contributed by atoms with Gasteiger partial charge in [0.2, 0.25) is 0 Å². The average molecular weight is 865 g/mol. The third kappa shape index (κ3) is 30.3. The van der Waals surface area contributed by atoms with Gasteiger partial charge in [0.15, 0.2) is 6.10 Å². The largest absolute Gasteiger partial charge is 0.472 e. The molecule has 0 aromatic carbocycles. The maximum atomic E-state index is 12.7. The van der Waals surface area contributed by atoms with Gasteiger partial charge in [-0.05, 0) is 89.2 Å². The number of quaternary nitrogens is 1. The van der Waals surface area contributed by atoms with E-state index in [0.29, 0.717) is 36.7 Å². The number of nitrogens with zero attached hydrogens (tertiary/aromatic N) is 1. The van der Waals surface area contributed by atoms with Crippen molar-refractivity contribution in [2.45, 2.75) is 175 Å². The highest BCUT2D eigenvalue weighted by atomic mass is 31.2. The van der Waals surface area contributed by atoms with Gasteiger partial charge in [0.25, 0.3) is 0 Å². The maximum absolute atomic E-state index is 12.7. The summed E-state index contributed by atoms with van der Waals surface area (Å²) in [6.07, 6.45) is 33.5. The predicted molar refractivity (Wildman–Crippen MR) is 243 cm³/mol. The van der Waals surface area contributed by atoms with Crippen LogP contribution >= 0.6 is 7.82 Å². The first-order valence-corrected chi connectivity index (χ1v) is 24.3. The second kappa shape index (κ2) is 33.8. The van der Waals surface area contributed by atoms with Gasteiger partial charge in [-0.2, -0.15) is 0 Å². The summed E-state index contributed by atoms with van der Waals surface area (Å²) in [4.78, 5) is 35.5. The standard InChI is InChI=1S/C48H82NO10P/c1-8-10-26-33-45-41(3)42(4)46(59-45)34-28-23-20-21-24-29-35-47(51)55-39-44(40-57-60(53,54)56-38-37-49(5,6)7)58-48(52)36-30-25-19-17-15-13-11-12-14-16-18-22-27-32-43(50)31-9-2/h11,13-14,16-17,19,22,27,43-44,50H,8-10,12,15,18,20-21,23-26,28-40H2,1-7H3/p+1/b13-11-,16-14-,19-17-,27-22-/t43?,44-/m1/s1. The van der Waals surface area contributed by atoms with E-state index in [-0.39, 0.29) is 32.2 Å². The molecule has 11 nitrogen and oxygen atoms in total. The fraction of sp³-hybridized carbons (Fsp3) is 0.708. The number of aliphatic hydroxyl groups excluding tert-OH is 1. The Bertz CT molecular complexity index is 1460. The molecule has 0 aliphatic rings. The van der Waals surface area contributed by atoms with Crippen LogP contribution in [0.2, 0.25) is 0 Å². The minimum Gasteiger partial charge on any atom is -0.466 e. The number of hydrogen-bond acceptors (Lipinski definition) is 9. The topological polar surface area (TPSA) is 142 Å². The molecule has 60 heavy (non-hydrogen) atoms. The highest BCUT2D eigenvalue weighted by Crippen LogP contribution is 2.43. The van der Waals surface area contributed by atoms with Gasteiger partial charge in [0, 0.05) is 25.7 Å². The molecular weight excluding hydrogens is 781 g/mol. The number of unbranched alkanes of at least 4 members (excludes halogenated alkanes) is 8. The van der Waals surface area contributed by atoms with E-state index in [1.807, 2.05) is 33.3 Å². The highest BCUT2D eigenvalue weighted by molar-refractivity contribution is 7.47. The van der Waals surface area contributed by atoms with Gasteiger partial charge < -0.3 is 28.4 Å². The van der Waals surface area contributed by atoms with Gasteiger partial charge in [-0.3, -0.25) is 18.6 Å². The fourth-order valence-corrected chi connectivity index (χ4v) is 7.00. The van der Waals surface area contributed by atoms with E-state index >= 15 is 0 Å². The van der Waals surface area contributed by atoms with Gasteiger partial charge in [-0.1, -0.05) is 107 Å². The normalized spacial score (nSPS) is 14.5. The number of carbonyl (C=O) groups is 2. The van der Waals surface area contributed by atoms with E-state index in [0.717, 1.165) is 88.6 Å². The Morgan fingerprint density at radius 1 is 0.700 bits per heavy atom. The SMILES string of the molecule is CCCCCc1oc(CCCCCCCCC(=O)OC[C@H](COP(=O)(O)OCC[N+](C)(C)C)OC(=O)CCC/C=C\C/C=C\C/C=C\C/C=C\CC(O)CCC)c(C)c1C. The third-order valence-corrected chi connectivity index (χ3v) is 11.1. The van der Waals surface area contributed by atoms with Crippen LogP contribution in [0, 0.1) is 13.8 Å². The van der Waals surface area contributed by atoms with E-state index in [9.17, 15) is 24.2 Å². The molecule has 0 aliphatic heterocycles. The van der Waals surface area contributed by atoms with Crippen LogP contribution in [0.4, 0.5) is 0 Å². The molecule has 1 aromatic heterocycles. The Balaban J connectivity index is 2.42. The predicted octanol–water partition coefficient (Wildman–Crippen LogP) is 11.3. The van der Waals surface area contributed by atoms with E-state index in [1.54, 1.807) is 0 Å². The lowest BCUT2D eigenvalue weighted by atomic mass is 10.0. The molecule has 0 amide bonds. The molecule has 0 radical (unpaired) electrons. The molecule has 0 bridgehead atoms. The van der Waals surface area contributed by atoms with Gasteiger partial charge in [0.05, 0.1) is 33.9 Å². The maximum Gasteiger partial charge on any atom is 0.472 e. The third-order valence-electron chi connectivity index (χ3n) is 10.1. The number of hydrogen-bond donors (Lipinski definition) is 2. The number of aryl methyl sites for hydroxylation is 2. The average Bonchev–Trinajstić information content (AvgIpc) is 3.45. The van der Waals surface area contributed by atoms with Crippen molar-refractivity contribution in [1.82, 2.24) is 0 Å². The van der Waals surface area contributed by atoms with Crippen molar-refractivity contribution in [3.05, 3.63) is 71.3 Å². The van der Waals surface area contributed by atoms with Gasteiger partial charge in [-0.15, -0.1) is 0 Å². The summed E-state index contributed by atoms with van der Waals surface area (Å²) in [5, 5.41) is 9.75. The molecule has 2 N–H and O–H groups in total. The van der Waals surface area contributed by atoms with Gasteiger partial charge in [0.1, 0.15) is 31.3 Å². The Morgan fingerprint density at radius 3 is 1.85 bits per heavy atom. The van der Waals surface area contributed by atoms with Gasteiger partial charge >= 0.3 is 19.8 Å². The molecule has 0 saturated heterocycles. The quantitative estimate of drug-likeness (QED) is 0.0218. The smallest absolute Gasteiger partial charge is 0.466 e. The number of aliphatic hydroxyl groups is 1. The molecular formula is C48H83NO10P+. The molecule has 0 fully saturated rings. The zero-order valence-corrected chi connectivity index (χ0v) is 39.4. The van der Waals surface area contributed by atoms with Crippen LogP contribution in [0.25, 0.3) is 0 Å². The summed E-state index contributed by atoms with van der Waals surface area (Å²) in [6, 6.07) is 0. The highest BCUT2D eigenvalue weighted by Gasteiger charge is 2.27. The number of phosphoric acid groups is 1. The van der Waals surface area contributed by atoms with E-state index < -0.39 is 32.5 Å². The van der Waals surface area contributed by atoms with Crippen molar-refractivity contribution < 1.29 is 51.6 Å². The molecule has 12 heteroatoms. The van der Waals surface area contributed by atoms with Crippen molar-refractivity contribution >= 4 is 19.8 Å². The minimum atomic E-state index is -4.42. The van der Waals surface area contributed by atoms with Crippen molar-refractivity contribution in [2.75, 3.05) is 47.5 Å². The molecule has 0 saturated carbocycles. The lowest BCUT2D eigenvalue weighted by molar-refractivity contribution is -0.870. The summed E-state index contributed by atoms with van der Waals surface area (Å²) >= 11 is 0. The van der Waals surface area contributed by atoms with Crippen molar-refractivity contribution in [1.29, 1.82) is 0 Å². The Kier molecular flexibility index (Phi) is 31.1. The minimum absolute atomic E-state index is 0.00458. The molecule has 1 aromatic rings. The molecule has 3 atom stereocenters. The van der Waals surface area contributed by atoms with E-state index in [4.69, 9.17) is 22.9 Å². The fourth-order valence-electron chi connectivity index (χ4n) is 6.26. The number of phosphoric ester groups is 1. The van der Waals surface area contributed by atoms with E-state index in [2.05, 4.69) is 64.2 Å². The summed E-state index contributed by atoms with van der Waals surface area (Å²) in [5.74, 6) is 1.35. The van der Waals surface area contributed by atoms with Crippen LogP contribution in [-0.2, 0) is 45.5 Å². The van der Waals surface area contributed by atoms with Gasteiger partial charge in [-0.25, -0.2) is 4.57 Å². The number of ether oxygens (including phenoxy) is 2. The summed E-state index contributed by atoms with van der Waals surface area (Å²) < 4.78 is 40.5. The lowest BCUT2D eigenvalue weighted by Crippen LogP contribution is -2.37. The molecule has 1 heterocycles. The molecule has 2 unspecified atom stereocenters. The second-order valence-corrected chi connectivity index (χ2v) is 18.3. The number of likely N-dealkylation sites (N-methyl/N-ethyl adjacent to an activating group) is 1. The monoisotopic (exact) mass is 865 g/mol. The van der Waals surface area contributed by atoms with Crippen LogP contribution < -0.4 is 0 Å². The summed E-state index contributed by atoms with van der Waals surface area (Å²) in [6.45, 7) is 8.38. The van der Waals surface area contributed by atoms with Crippen LogP contribution in [0.5, 0.6) is 0 Å². The first-order chi connectivity index (χ1) is 28.7. The van der Waals surface area contributed by atoms with Crippen LogP contribution in [-0.4, -0.2) is 86.1 Å².